The van der Waals surface area contributed by atoms with E-state index in [1.165, 1.54) is 18.3 Å². The lowest BCUT2D eigenvalue weighted by Gasteiger charge is -2.07. The van der Waals surface area contributed by atoms with Crippen LogP contribution in [0.4, 0.5) is 4.39 Å². The first-order valence-electron chi connectivity index (χ1n) is 8.05. The van der Waals surface area contributed by atoms with Gasteiger partial charge in [-0.15, -0.1) is 0 Å². The highest BCUT2D eigenvalue weighted by Crippen LogP contribution is 2.13. The summed E-state index contributed by atoms with van der Waals surface area (Å²) in [6, 6.07) is 13.0. The lowest BCUT2D eigenvalue weighted by molar-refractivity contribution is -0.139. The number of halogens is 1. The molecule has 0 heterocycles. The zero-order valence-corrected chi connectivity index (χ0v) is 14.5. The SMILES string of the molecule is CC(C)NC(=O)C(=O)NN=Cc1ccc(OCc2ccc(F)cc2)cc1. The van der Waals surface area contributed by atoms with Crippen LogP contribution in [0.2, 0.25) is 0 Å². The van der Waals surface area contributed by atoms with Crippen LogP contribution in [0.15, 0.2) is 53.6 Å². The van der Waals surface area contributed by atoms with Crippen LogP contribution in [0, 0.1) is 5.82 Å². The van der Waals surface area contributed by atoms with Gasteiger partial charge in [0.15, 0.2) is 0 Å². The molecular weight excluding hydrogens is 337 g/mol. The zero-order valence-electron chi connectivity index (χ0n) is 14.5. The van der Waals surface area contributed by atoms with Gasteiger partial charge in [-0.25, -0.2) is 9.82 Å². The monoisotopic (exact) mass is 357 g/mol. The predicted octanol–water partition coefficient (Wildman–Crippen LogP) is 2.38. The van der Waals surface area contributed by atoms with Crippen LogP contribution in [-0.4, -0.2) is 24.1 Å². The van der Waals surface area contributed by atoms with Gasteiger partial charge in [0, 0.05) is 6.04 Å². The Morgan fingerprint density at radius 1 is 1.08 bits per heavy atom. The lowest BCUT2D eigenvalue weighted by atomic mass is 10.2. The van der Waals surface area contributed by atoms with Gasteiger partial charge in [0.1, 0.15) is 18.2 Å². The Bertz CT molecular complexity index is 772. The molecule has 136 valence electrons. The molecule has 2 amide bonds. The minimum absolute atomic E-state index is 0.125. The van der Waals surface area contributed by atoms with Gasteiger partial charge in [-0.1, -0.05) is 12.1 Å². The molecule has 0 atom stereocenters. The highest BCUT2D eigenvalue weighted by Gasteiger charge is 2.12. The second-order valence-corrected chi connectivity index (χ2v) is 5.81. The Kier molecular flexibility index (Phi) is 6.84. The van der Waals surface area contributed by atoms with Gasteiger partial charge in [0.05, 0.1) is 6.21 Å². The summed E-state index contributed by atoms with van der Waals surface area (Å²) in [4.78, 5) is 22.9. The van der Waals surface area contributed by atoms with Crippen LogP contribution >= 0.6 is 0 Å². The quantitative estimate of drug-likeness (QED) is 0.473. The third-order valence-corrected chi connectivity index (χ3v) is 3.20. The van der Waals surface area contributed by atoms with Crippen LogP contribution in [0.1, 0.15) is 25.0 Å². The number of benzene rings is 2. The number of amides is 2. The summed E-state index contributed by atoms with van der Waals surface area (Å²) < 4.78 is 18.5. The molecule has 0 unspecified atom stereocenters. The zero-order chi connectivity index (χ0) is 18.9. The fourth-order valence-corrected chi connectivity index (χ4v) is 1.94. The number of carbonyl (C=O) groups excluding carboxylic acids is 2. The van der Waals surface area contributed by atoms with E-state index in [9.17, 15) is 14.0 Å². The molecule has 6 nitrogen and oxygen atoms in total. The first kappa shape index (κ1) is 19.1. The van der Waals surface area contributed by atoms with E-state index in [0.29, 0.717) is 12.4 Å². The number of ether oxygens (including phenoxy) is 1. The summed E-state index contributed by atoms with van der Waals surface area (Å²) in [7, 11) is 0. The van der Waals surface area contributed by atoms with E-state index in [0.717, 1.165) is 11.1 Å². The topological polar surface area (TPSA) is 79.8 Å². The Hall–Kier alpha value is -3.22. The van der Waals surface area contributed by atoms with Crippen molar-refractivity contribution in [2.75, 3.05) is 0 Å². The second kappa shape index (κ2) is 9.31. The molecule has 0 spiro atoms. The van der Waals surface area contributed by atoms with Crippen molar-refractivity contribution in [2.24, 2.45) is 5.10 Å². The average Bonchev–Trinajstić information content (AvgIpc) is 2.61. The molecule has 0 aliphatic carbocycles. The van der Waals surface area contributed by atoms with E-state index in [2.05, 4.69) is 15.8 Å². The largest absolute Gasteiger partial charge is 0.489 e. The van der Waals surface area contributed by atoms with E-state index in [1.54, 1.807) is 50.2 Å². The van der Waals surface area contributed by atoms with Gasteiger partial charge in [-0.05, 0) is 61.4 Å². The third-order valence-electron chi connectivity index (χ3n) is 3.20. The van der Waals surface area contributed by atoms with Gasteiger partial charge < -0.3 is 10.1 Å². The summed E-state index contributed by atoms with van der Waals surface area (Å²) in [5.41, 5.74) is 3.74. The molecule has 0 saturated heterocycles. The van der Waals surface area contributed by atoms with Gasteiger partial charge in [-0.2, -0.15) is 5.10 Å². The molecule has 0 aliphatic rings. The first-order chi connectivity index (χ1) is 12.4. The van der Waals surface area contributed by atoms with Crippen LogP contribution in [0.3, 0.4) is 0 Å². The molecule has 2 N–H and O–H groups in total. The molecule has 2 rings (SSSR count). The number of carbonyl (C=O) groups is 2. The maximum atomic E-state index is 12.8. The van der Waals surface area contributed by atoms with E-state index in [1.807, 2.05) is 0 Å². The molecule has 0 bridgehead atoms. The third kappa shape index (κ3) is 6.35. The number of nitrogens with one attached hydrogen (secondary N) is 2. The molecule has 0 aromatic heterocycles. The number of hydrazone groups is 1. The first-order valence-corrected chi connectivity index (χ1v) is 8.05. The van der Waals surface area contributed by atoms with Crippen molar-refractivity contribution in [2.45, 2.75) is 26.5 Å². The van der Waals surface area contributed by atoms with Gasteiger partial charge in [-0.3, -0.25) is 9.59 Å². The molecule has 0 saturated carbocycles. The minimum atomic E-state index is -0.825. The number of nitrogens with zero attached hydrogens (tertiary/aromatic N) is 1. The summed E-state index contributed by atoms with van der Waals surface area (Å²) in [5, 5.41) is 6.21. The molecule has 7 heteroatoms. The van der Waals surface area contributed by atoms with Gasteiger partial charge >= 0.3 is 11.8 Å². The summed E-state index contributed by atoms with van der Waals surface area (Å²) >= 11 is 0. The second-order valence-electron chi connectivity index (χ2n) is 5.81. The van der Waals surface area contributed by atoms with Gasteiger partial charge in [0.2, 0.25) is 0 Å². The van der Waals surface area contributed by atoms with E-state index >= 15 is 0 Å². The molecular formula is C19H20FN3O3. The smallest absolute Gasteiger partial charge is 0.329 e. The summed E-state index contributed by atoms with van der Waals surface area (Å²) in [5.74, 6) is -1.20. The Labute approximate surface area is 151 Å². The van der Waals surface area contributed by atoms with Crippen molar-refractivity contribution in [1.82, 2.24) is 10.7 Å². The van der Waals surface area contributed by atoms with Crippen molar-refractivity contribution in [3.8, 4) is 5.75 Å². The maximum Gasteiger partial charge on any atom is 0.329 e. The average molecular weight is 357 g/mol. The van der Waals surface area contributed by atoms with Crippen molar-refractivity contribution in [1.29, 1.82) is 0 Å². The molecule has 0 fully saturated rings. The molecule has 0 aliphatic heterocycles. The van der Waals surface area contributed by atoms with Crippen molar-refractivity contribution < 1.29 is 18.7 Å². The molecule has 2 aromatic rings. The Morgan fingerprint density at radius 3 is 2.35 bits per heavy atom. The lowest BCUT2D eigenvalue weighted by Crippen LogP contribution is -2.41. The van der Waals surface area contributed by atoms with Crippen LogP contribution in [-0.2, 0) is 16.2 Å². The fraction of sp³-hybridized carbons (Fsp3) is 0.211. The Morgan fingerprint density at radius 2 is 1.73 bits per heavy atom. The molecule has 26 heavy (non-hydrogen) atoms. The standard InChI is InChI=1S/C19H20FN3O3/c1-13(2)22-18(24)19(25)23-21-11-14-5-9-17(10-6-14)26-12-15-3-7-16(20)8-4-15/h3-11,13H,12H2,1-2H3,(H,22,24)(H,23,25). The maximum absolute atomic E-state index is 12.8. The molecule has 0 radical (unpaired) electrons. The predicted molar refractivity (Wildman–Crippen MR) is 96.2 cm³/mol. The fourth-order valence-electron chi connectivity index (χ4n) is 1.94. The minimum Gasteiger partial charge on any atom is -0.489 e. The van der Waals surface area contributed by atoms with Crippen LogP contribution in [0.5, 0.6) is 5.75 Å². The molecule has 2 aromatic carbocycles. The van der Waals surface area contributed by atoms with E-state index < -0.39 is 11.8 Å². The normalized spacial score (nSPS) is 10.8. The van der Waals surface area contributed by atoms with Gasteiger partial charge in [0.25, 0.3) is 0 Å². The van der Waals surface area contributed by atoms with Crippen LogP contribution in [0.25, 0.3) is 0 Å². The Balaban J connectivity index is 1.82. The summed E-state index contributed by atoms with van der Waals surface area (Å²) in [6.07, 6.45) is 1.42. The number of hydrogen-bond donors (Lipinski definition) is 2. The van der Waals surface area contributed by atoms with E-state index in [-0.39, 0.29) is 11.9 Å². The van der Waals surface area contributed by atoms with Crippen molar-refractivity contribution in [3.05, 3.63) is 65.5 Å². The highest BCUT2D eigenvalue weighted by atomic mass is 19.1. The van der Waals surface area contributed by atoms with E-state index in [4.69, 9.17) is 4.74 Å². The van der Waals surface area contributed by atoms with Crippen molar-refractivity contribution in [3.63, 3.8) is 0 Å². The highest BCUT2D eigenvalue weighted by molar-refractivity contribution is 6.35. The van der Waals surface area contributed by atoms with Crippen LogP contribution < -0.4 is 15.5 Å². The van der Waals surface area contributed by atoms with Crippen molar-refractivity contribution >= 4 is 18.0 Å². The summed E-state index contributed by atoms with van der Waals surface area (Å²) in [6.45, 7) is 3.84. The number of rotatable bonds is 6. The number of hydrogen-bond acceptors (Lipinski definition) is 4.